The van der Waals surface area contributed by atoms with Crippen molar-refractivity contribution < 1.29 is 9.53 Å². The minimum atomic E-state index is -0.471. The van der Waals surface area contributed by atoms with E-state index in [1.165, 1.54) is 11.1 Å². The van der Waals surface area contributed by atoms with E-state index in [2.05, 4.69) is 29.6 Å². The van der Waals surface area contributed by atoms with Gasteiger partial charge >= 0.3 is 6.09 Å². The Labute approximate surface area is 127 Å². The van der Waals surface area contributed by atoms with Gasteiger partial charge in [0.1, 0.15) is 5.60 Å². The Morgan fingerprint density at radius 3 is 2.43 bits per heavy atom. The molecule has 1 aliphatic carbocycles. The van der Waals surface area contributed by atoms with Gasteiger partial charge in [-0.25, -0.2) is 4.79 Å². The Hall–Kier alpha value is -1.55. The van der Waals surface area contributed by atoms with Crippen LogP contribution in [0.1, 0.15) is 38.3 Å². The molecule has 4 heteroatoms. The molecule has 0 heterocycles. The first-order valence-corrected chi connectivity index (χ1v) is 7.62. The molecule has 1 unspecified atom stereocenters. The number of nitrogens with one attached hydrogen (secondary N) is 1. The summed E-state index contributed by atoms with van der Waals surface area (Å²) in [7, 11) is 0. The van der Waals surface area contributed by atoms with E-state index in [1.807, 2.05) is 20.8 Å². The molecule has 0 saturated carbocycles. The molecule has 0 bridgehead atoms. The fourth-order valence-corrected chi connectivity index (χ4v) is 2.86. The van der Waals surface area contributed by atoms with Crippen LogP contribution < -0.4 is 11.1 Å². The smallest absolute Gasteiger partial charge is 0.407 e. The number of rotatable bonds is 4. The number of hydrogen-bond donors (Lipinski definition) is 2. The third kappa shape index (κ3) is 5.05. The molecular weight excluding hydrogens is 264 g/mol. The maximum Gasteiger partial charge on any atom is 0.407 e. The molecule has 0 fully saturated rings. The number of carbonyl (C=O) groups excluding carboxylic acids is 1. The van der Waals surface area contributed by atoms with Crippen molar-refractivity contribution in [2.24, 2.45) is 11.7 Å². The van der Waals surface area contributed by atoms with Gasteiger partial charge in [0.15, 0.2) is 0 Å². The molecule has 0 spiro atoms. The lowest BCUT2D eigenvalue weighted by Gasteiger charge is -2.21. The first-order valence-electron chi connectivity index (χ1n) is 7.62. The quantitative estimate of drug-likeness (QED) is 0.896. The van der Waals surface area contributed by atoms with E-state index >= 15 is 0 Å². The molecular formula is C17H26N2O2. The van der Waals surface area contributed by atoms with E-state index in [0.717, 1.165) is 19.3 Å². The summed E-state index contributed by atoms with van der Waals surface area (Å²) in [6, 6.07) is 8.53. The topological polar surface area (TPSA) is 64.3 Å². The van der Waals surface area contributed by atoms with Gasteiger partial charge in [0.05, 0.1) is 0 Å². The number of ether oxygens (including phenoxy) is 1. The third-order valence-electron chi connectivity index (χ3n) is 3.68. The molecule has 4 nitrogen and oxygen atoms in total. The summed E-state index contributed by atoms with van der Waals surface area (Å²) >= 11 is 0. The number of hydrogen-bond acceptors (Lipinski definition) is 3. The fraction of sp³-hybridized carbons (Fsp3) is 0.588. The van der Waals surface area contributed by atoms with E-state index in [4.69, 9.17) is 10.5 Å². The summed E-state index contributed by atoms with van der Waals surface area (Å²) in [6.45, 7) is 6.01. The second-order valence-corrected chi connectivity index (χ2v) is 6.92. The number of carbonyl (C=O) groups is 1. The molecule has 0 aliphatic heterocycles. The number of benzene rings is 1. The zero-order valence-corrected chi connectivity index (χ0v) is 13.2. The van der Waals surface area contributed by atoms with Gasteiger partial charge < -0.3 is 15.8 Å². The molecule has 116 valence electrons. The highest BCUT2D eigenvalue weighted by Crippen LogP contribution is 2.28. The van der Waals surface area contributed by atoms with Gasteiger partial charge in [0, 0.05) is 12.6 Å². The predicted octanol–water partition coefficient (Wildman–Crippen LogP) is 2.64. The van der Waals surface area contributed by atoms with Crippen molar-refractivity contribution in [1.29, 1.82) is 0 Å². The van der Waals surface area contributed by atoms with E-state index < -0.39 is 11.7 Å². The van der Waals surface area contributed by atoms with Crippen molar-refractivity contribution in [1.82, 2.24) is 5.32 Å². The maximum absolute atomic E-state index is 11.6. The summed E-state index contributed by atoms with van der Waals surface area (Å²) in [5.74, 6) is 0.581. The molecule has 2 rings (SSSR count). The summed E-state index contributed by atoms with van der Waals surface area (Å²) in [6.07, 6.45) is 2.71. The van der Waals surface area contributed by atoms with Gasteiger partial charge in [0.2, 0.25) is 0 Å². The number of nitrogens with two attached hydrogens (primary N) is 1. The largest absolute Gasteiger partial charge is 0.444 e. The van der Waals surface area contributed by atoms with Crippen molar-refractivity contribution in [2.75, 3.05) is 6.54 Å². The standard InChI is InChI=1S/C17H26N2O2/c1-17(2,3)21-16(20)19-11-15(18)10-12-8-13-6-4-5-7-14(13)9-12/h4-7,12,15H,8-11,18H2,1-3H3,(H,19,20). The van der Waals surface area contributed by atoms with E-state index in [9.17, 15) is 4.79 Å². The Bertz CT molecular complexity index is 469. The highest BCUT2D eigenvalue weighted by Gasteiger charge is 2.23. The number of fused-ring (bicyclic) bond motifs is 1. The van der Waals surface area contributed by atoms with Crippen molar-refractivity contribution in [2.45, 2.75) is 51.7 Å². The minimum absolute atomic E-state index is 0.0307. The van der Waals surface area contributed by atoms with Crippen LogP contribution in [0.2, 0.25) is 0 Å². The minimum Gasteiger partial charge on any atom is -0.444 e. The number of alkyl carbamates (subject to hydrolysis) is 1. The van der Waals surface area contributed by atoms with Crippen LogP contribution in [0.4, 0.5) is 4.79 Å². The molecule has 0 radical (unpaired) electrons. The van der Waals surface area contributed by atoms with Gasteiger partial charge in [0.25, 0.3) is 0 Å². The normalized spacial score (nSPS) is 16.4. The summed E-state index contributed by atoms with van der Waals surface area (Å²) in [4.78, 5) is 11.6. The second kappa shape index (κ2) is 6.48. The molecule has 1 aromatic carbocycles. The SMILES string of the molecule is CC(C)(C)OC(=O)NCC(N)CC1Cc2ccccc2C1. The monoisotopic (exact) mass is 290 g/mol. The van der Waals surface area contributed by atoms with E-state index in [-0.39, 0.29) is 6.04 Å². The lowest BCUT2D eigenvalue weighted by molar-refractivity contribution is 0.0523. The lowest BCUT2D eigenvalue weighted by Crippen LogP contribution is -2.41. The highest BCUT2D eigenvalue weighted by molar-refractivity contribution is 5.67. The molecule has 21 heavy (non-hydrogen) atoms. The van der Waals surface area contributed by atoms with Crippen LogP contribution in [0.15, 0.2) is 24.3 Å². The van der Waals surface area contributed by atoms with Crippen LogP contribution in [0, 0.1) is 5.92 Å². The second-order valence-electron chi connectivity index (χ2n) is 6.92. The fourth-order valence-electron chi connectivity index (χ4n) is 2.86. The van der Waals surface area contributed by atoms with Crippen LogP contribution >= 0.6 is 0 Å². The molecule has 0 aromatic heterocycles. The van der Waals surface area contributed by atoms with Gasteiger partial charge in [-0.1, -0.05) is 24.3 Å². The molecule has 1 amide bonds. The predicted molar refractivity (Wildman–Crippen MR) is 84.2 cm³/mol. The average molecular weight is 290 g/mol. The summed E-state index contributed by atoms with van der Waals surface area (Å²) in [5.41, 5.74) is 8.54. The van der Waals surface area contributed by atoms with Gasteiger partial charge in [-0.3, -0.25) is 0 Å². The third-order valence-corrected chi connectivity index (χ3v) is 3.68. The van der Waals surface area contributed by atoms with Gasteiger partial charge in [-0.05, 0) is 57.1 Å². The zero-order chi connectivity index (χ0) is 15.5. The van der Waals surface area contributed by atoms with Gasteiger partial charge in [-0.2, -0.15) is 0 Å². The number of amides is 1. The van der Waals surface area contributed by atoms with E-state index in [0.29, 0.717) is 12.5 Å². The first kappa shape index (κ1) is 15.8. The Morgan fingerprint density at radius 2 is 1.90 bits per heavy atom. The highest BCUT2D eigenvalue weighted by atomic mass is 16.6. The Kier molecular flexibility index (Phi) is 4.88. The van der Waals surface area contributed by atoms with Crippen molar-refractivity contribution in [3.63, 3.8) is 0 Å². The van der Waals surface area contributed by atoms with E-state index in [1.54, 1.807) is 0 Å². The summed E-state index contributed by atoms with van der Waals surface area (Å²) < 4.78 is 5.20. The maximum atomic E-state index is 11.6. The first-order chi connectivity index (χ1) is 9.83. The molecule has 3 N–H and O–H groups in total. The van der Waals surface area contributed by atoms with Crippen LogP contribution in [-0.2, 0) is 17.6 Å². The Morgan fingerprint density at radius 1 is 1.33 bits per heavy atom. The zero-order valence-electron chi connectivity index (χ0n) is 13.2. The van der Waals surface area contributed by atoms with Crippen molar-refractivity contribution in [3.8, 4) is 0 Å². The molecule has 1 aromatic rings. The molecule has 1 aliphatic rings. The molecule has 1 atom stereocenters. The van der Waals surface area contributed by atoms with Crippen LogP contribution in [0.3, 0.4) is 0 Å². The Balaban J connectivity index is 1.72. The van der Waals surface area contributed by atoms with Gasteiger partial charge in [-0.15, -0.1) is 0 Å². The van der Waals surface area contributed by atoms with Crippen LogP contribution in [0.5, 0.6) is 0 Å². The summed E-state index contributed by atoms with van der Waals surface area (Å²) in [5, 5.41) is 2.75. The molecule has 0 saturated heterocycles. The van der Waals surface area contributed by atoms with Crippen molar-refractivity contribution >= 4 is 6.09 Å². The van der Waals surface area contributed by atoms with Crippen LogP contribution in [-0.4, -0.2) is 24.3 Å². The lowest BCUT2D eigenvalue weighted by atomic mass is 9.97. The van der Waals surface area contributed by atoms with Crippen molar-refractivity contribution in [3.05, 3.63) is 35.4 Å². The van der Waals surface area contributed by atoms with Crippen LogP contribution in [0.25, 0.3) is 0 Å². The average Bonchev–Trinajstić information content (AvgIpc) is 2.76.